The van der Waals surface area contributed by atoms with Gasteiger partial charge in [-0.3, -0.25) is 0 Å². The van der Waals surface area contributed by atoms with E-state index < -0.39 is 0 Å². The van der Waals surface area contributed by atoms with E-state index in [1.807, 2.05) is 0 Å². The number of aromatic nitrogens is 2. The molecule has 0 aliphatic heterocycles. The standard InChI is InChI=1S/C12H16BrN3OS/c1-9-7-10-11(14-8-15-12(10)18-9)16(4-3-13)5-6-17-2/h7-8H,3-6H2,1-2H3. The highest BCUT2D eigenvalue weighted by atomic mass is 79.9. The molecule has 2 aromatic rings. The molecule has 0 fully saturated rings. The zero-order chi connectivity index (χ0) is 13.0. The van der Waals surface area contributed by atoms with Gasteiger partial charge < -0.3 is 9.64 Å². The van der Waals surface area contributed by atoms with E-state index in [-0.39, 0.29) is 0 Å². The summed E-state index contributed by atoms with van der Waals surface area (Å²) >= 11 is 5.19. The molecule has 4 nitrogen and oxygen atoms in total. The van der Waals surface area contributed by atoms with Crippen LogP contribution in [0, 0.1) is 6.92 Å². The van der Waals surface area contributed by atoms with Crippen molar-refractivity contribution in [3.8, 4) is 0 Å². The fraction of sp³-hybridized carbons (Fsp3) is 0.500. The van der Waals surface area contributed by atoms with Crippen molar-refractivity contribution in [2.24, 2.45) is 0 Å². The third-order valence-corrected chi connectivity index (χ3v) is 3.96. The summed E-state index contributed by atoms with van der Waals surface area (Å²) in [6.45, 7) is 4.54. The van der Waals surface area contributed by atoms with Gasteiger partial charge in [-0.25, -0.2) is 9.97 Å². The monoisotopic (exact) mass is 329 g/mol. The summed E-state index contributed by atoms with van der Waals surface area (Å²) < 4.78 is 5.16. The molecule has 0 N–H and O–H groups in total. The molecule has 0 atom stereocenters. The molecule has 18 heavy (non-hydrogen) atoms. The second-order valence-corrected chi connectivity index (χ2v) is 5.97. The Morgan fingerprint density at radius 2 is 2.22 bits per heavy atom. The summed E-state index contributed by atoms with van der Waals surface area (Å²) in [7, 11) is 1.72. The van der Waals surface area contributed by atoms with Crippen molar-refractivity contribution in [3.63, 3.8) is 0 Å². The van der Waals surface area contributed by atoms with Crippen LogP contribution in [0.2, 0.25) is 0 Å². The van der Waals surface area contributed by atoms with Gasteiger partial charge in [0.05, 0.1) is 12.0 Å². The number of hydrogen-bond donors (Lipinski definition) is 0. The molecule has 0 bridgehead atoms. The van der Waals surface area contributed by atoms with E-state index >= 15 is 0 Å². The van der Waals surface area contributed by atoms with Gasteiger partial charge in [-0.15, -0.1) is 11.3 Å². The number of rotatable bonds is 6. The third kappa shape index (κ3) is 2.99. The largest absolute Gasteiger partial charge is 0.383 e. The van der Waals surface area contributed by atoms with E-state index in [2.05, 4.69) is 43.8 Å². The average molecular weight is 330 g/mol. The number of halogens is 1. The van der Waals surface area contributed by atoms with Gasteiger partial charge >= 0.3 is 0 Å². The highest BCUT2D eigenvalue weighted by molar-refractivity contribution is 9.09. The van der Waals surface area contributed by atoms with Crippen LogP contribution in [0.3, 0.4) is 0 Å². The van der Waals surface area contributed by atoms with E-state index in [9.17, 15) is 0 Å². The van der Waals surface area contributed by atoms with Crippen molar-refractivity contribution in [1.82, 2.24) is 9.97 Å². The van der Waals surface area contributed by atoms with E-state index in [1.54, 1.807) is 24.8 Å². The molecule has 0 saturated carbocycles. The summed E-state index contributed by atoms with van der Waals surface area (Å²) in [6, 6.07) is 2.16. The second kappa shape index (κ2) is 6.45. The van der Waals surface area contributed by atoms with Crippen LogP contribution in [0.4, 0.5) is 5.82 Å². The number of methoxy groups -OCH3 is 1. The first kappa shape index (κ1) is 13.7. The number of thiophene rings is 1. The molecule has 0 aliphatic carbocycles. The van der Waals surface area contributed by atoms with Gasteiger partial charge in [0.2, 0.25) is 0 Å². The van der Waals surface area contributed by atoms with Crippen LogP contribution in [-0.4, -0.2) is 42.1 Å². The van der Waals surface area contributed by atoms with Gasteiger partial charge in [-0.1, -0.05) is 15.9 Å². The SMILES string of the molecule is COCCN(CCBr)c1ncnc2sc(C)cc12. The zero-order valence-corrected chi connectivity index (χ0v) is 12.9. The minimum atomic E-state index is 0.696. The van der Waals surface area contributed by atoms with Crippen LogP contribution in [0.25, 0.3) is 10.2 Å². The van der Waals surface area contributed by atoms with Gasteiger partial charge in [-0.05, 0) is 13.0 Å². The molecule has 0 unspecified atom stereocenters. The van der Waals surface area contributed by atoms with Crippen molar-refractivity contribution in [2.75, 3.05) is 37.0 Å². The second-order valence-electron chi connectivity index (χ2n) is 3.94. The maximum Gasteiger partial charge on any atom is 0.140 e. The predicted octanol–water partition coefficient (Wildman–Crippen LogP) is 2.85. The summed E-state index contributed by atoms with van der Waals surface area (Å²) in [5.74, 6) is 1.00. The lowest BCUT2D eigenvalue weighted by Crippen LogP contribution is -2.30. The average Bonchev–Trinajstić information content (AvgIpc) is 2.74. The van der Waals surface area contributed by atoms with Crippen LogP contribution in [0.5, 0.6) is 0 Å². The topological polar surface area (TPSA) is 38.2 Å². The fourth-order valence-corrected chi connectivity index (χ4v) is 3.11. The van der Waals surface area contributed by atoms with Gasteiger partial charge in [-0.2, -0.15) is 0 Å². The summed E-state index contributed by atoms with van der Waals surface area (Å²) in [5.41, 5.74) is 0. The van der Waals surface area contributed by atoms with E-state index in [1.165, 1.54) is 4.88 Å². The van der Waals surface area contributed by atoms with Gasteiger partial charge in [0, 0.05) is 30.4 Å². The molecule has 98 valence electrons. The minimum absolute atomic E-state index is 0.696. The smallest absolute Gasteiger partial charge is 0.140 e. The van der Waals surface area contributed by atoms with Crippen molar-refractivity contribution in [2.45, 2.75) is 6.92 Å². The van der Waals surface area contributed by atoms with Crippen molar-refractivity contribution >= 4 is 43.3 Å². The summed E-state index contributed by atoms with van der Waals surface area (Å²) in [5, 5.41) is 2.04. The number of aryl methyl sites for hydroxylation is 1. The number of anilines is 1. The number of hydrogen-bond acceptors (Lipinski definition) is 5. The van der Waals surface area contributed by atoms with Crippen LogP contribution < -0.4 is 4.90 Å². The first-order chi connectivity index (χ1) is 8.76. The highest BCUT2D eigenvalue weighted by Gasteiger charge is 2.13. The Morgan fingerprint density at radius 1 is 1.39 bits per heavy atom. The Hall–Kier alpha value is -0.720. The Kier molecular flexibility index (Phi) is 4.91. The molecule has 0 aromatic carbocycles. The summed E-state index contributed by atoms with van der Waals surface area (Å²) in [6.07, 6.45) is 1.64. The lowest BCUT2D eigenvalue weighted by Gasteiger charge is -2.22. The van der Waals surface area contributed by atoms with E-state index in [0.29, 0.717) is 6.61 Å². The van der Waals surface area contributed by atoms with Crippen LogP contribution >= 0.6 is 27.3 Å². The normalized spacial score (nSPS) is 11.1. The Labute approximate surface area is 119 Å². The Morgan fingerprint density at radius 3 is 2.94 bits per heavy atom. The number of nitrogens with zero attached hydrogens (tertiary/aromatic N) is 3. The maximum absolute atomic E-state index is 5.16. The molecule has 0 aliphatic rings. The number of ether oxygens (including phenoxy) is 1. The lowest BCUT2D eigenvalue weighted by molar-refractivity contribution is 0.205. The van der Waals surface area contributed by atoms with Gasteiger partial charge in [0.25, 0.3) is 0 Å². The highest BCUT2D eigenvalue weighted by Crippen LogP contribution is 2.29. The van der Waals surface area contributed by atoms with Crippen LogP contribution in [-0.2, 0) is 4.74 Å². The molecular formula is C12H16BrN3OS. The van der Waals surface area contributed by atoms with Gasteiger partial charge in [0.15, 0.2) is 0 Å². The Balaban J connectivity index is 2.36. The first-order valence-corrected chi connectivity index (χ1v) is 7.71. The molecule has 2 heterocycles. The molecule has 6 heteroatoms. The van der Waals surface area contributed by atoms with E-state index in [4.69, 9.17) is 4.74 Å². The maximum atomic E-state index is 5.16. The quantitative estimate of drug-likeness (QED) is 0.764. The molecule has 2 aromatic heterocycles. The molecule has 2 rings (SSSR count). The molecule has 0 amide bonds. The number of fused-ring (bicyclic) bond motifs is 1. The van der Waals surface area contributed by atoms with E-state index in [0.717, 1.165) is 34.5 Å². The first-order valence-electron chi connectivity index (χ1n) is 5.77. The lowest BCUT2D eigenvalue weighted by atomic mass is 10.3. The zero-order valence-electron chi connectivity index (χ0n) is 10.5. The fourth-order valence-electron chi connectivity index (χ4n) is 1.84. The Bertz CT molecular complexity index is 517. The van der Waals surface area contributed by atoms with Crippen molar-refractivity contribution < 1.29 is 4.74 Å². The third-order valence-electron chi connectivity index (χ3n) is 2.65. The van der Waals surface area contributed by atoms with Crippen molar-refractivity contribution in [3.05, 3.63) is 17.3 Å². The molecule has 0 spiro atoms. The molecular weight excluding hydrogens is 314 g/mol. The van der Waals surface area contributed by atoms with Crippen LogP contribution in [0.15, 0.2) is 12.4 Å². The molecule has 0 radical (unpaired) electrons. The predicted molar refractivity (Wildman–Crippen MR) is 80.0 cm³/mol. The summed E-state index contributed by atoms with van der Waals surface area (Å²) in [4.78, 5) is 13.3. The molecule has 0 saturated heterocycles. The van der Waals surface area contributed by atoms with Crippen LogP contribution in [0.1, 0.15) is 4.88 Å². The van der Waals surface area contributed by atoms with Gasteiger partial charge in [0.1, 0.15) is 17.0 Å². The number of alkyl halides is 1. The van der Waals surface area contributed by atoms with Crippen molar-refractivity contribution in [1.29, 1.82) is 0 Å². The minimum Gasteiger partial charge on any atom is -0.383 e.